The molecule has 5 aliphatic rings. The van der Waals surface area contributed by atoms with Crippen LogP contribution < -0.4 is 5.32 Å². The summed E-state index contributed by atoms with van der Waals surface area (Å²) in [5.74, 6) is 2.51. The molecule has 4 aliphatic carbocycles. The highest BCUT2D eigenvalue weighted by atomic mass is 35.5. The topological polar surface area (TPSA) is 41.6 Å². The molecule has 1 N–H and O–H groups in total. The summed E-state index contributed by atoms with van der Waals surface area (Å²) in [5.41, 5.74) is 1.39. The van der Waals surface area contributed by atoms with Crippen molar-refractivity contribution in [2.24, 2.45) is 17.8 Å². The van der Waals surface area contributed by atoms with Crippen molar-refractivity contribution in [3.8, 4) is 0 Å². The SMILES string of the molecule is O=C(OCCCc1ccc(Cl)cc1)[C@@H]1CCCN1C(=S)NC12CC3CC(CC(C3)C1)C2. The number of rotatable bonds is 6. The van der Waals surface area contributed by atoms with Gasteiger partial charge in [-0.2, -0.15) is 0 Å². The van der Waals surface area contributed by atoms with Gasteiger partial charge in [0.1, 0.15) is 6.04 Å². The Morgan fingerprint density at radius 1 is 1.13 bits per heavy atom. The molecular weight excluding hydrogens is 428 g/mol. The summed E-state index contributed by atoms with van der Waals surface area (Å²) in [6.07, 6.45) is 11.5. The van der Waals surface area contributed by atoms with Gasteiger partial charge in [0.2, 0.25) is 0 Å². The highest BCUT2D eigenvalue weighted by molar-refractivity contribution is 7.80. The molecule has 4 nitrogen and oxygen atoms in total. The molecular formula is C25H33ClN2O2S. The van der Waals surface area contributed by atoms with Gasteiger partial charge < -0.3 is 15.0 Å². The number of esters is 1. The molecule has 168 valence electrons. The van der Waals surface area contributed by atoms with E-state index in [4.69, 9.17) is 28.6 Å². The zero-order valence-corrected chi connectivity index (χ0v) is 19.7. The summed E-state index contributed by atoms with van der Waals surface area (Å²) in [4.78, 5) is 14.9. The standard InChI is InChI=1S/C25H33ClN2O2S/c26-21-7-5-17(6-8-21)3-2-10-30-23(29)22-4-1-9-28(22)24(31)27-25-14-18-11-19(15-25)13-20(12-18)16-25/h5-8,18-20,22H,1-4,9-16H2,(H,27,31)/t18?,19?,20?,22-,25?/m0/s1. The van der Waals surface area contributed by atoms with Crippen molar-refractivity contribution in [1.82, 2.24) is 10.2 Å². The summed E-state index contributed by atoms with van der Waals surface area (Å²) in [7, 11) is 0. The van der Waals surface area contributed by atoms with Crippen LogP contribution in [-0.2, 0) is 16.0 Å². The number of nitrogens with zero attached hydrogens (tertiary/aromatic N) is 1. The Morgan fingerprint density at radius 2 is 1.77 bits per heavy atom. The number of carbonyl (C=O) groups excluding carboxylic acids is 1. The van der Waals surface area contributed by atoms with Crippen molar-refractivity contribution < 1.29 is 9.53 Å². The van der Waals surface area contributed by atoms with Crippen LogP contribution in [0.1, 0.15) is 63.4 Å². The van der Waals surface area contributed by atoms with Gasteiger partial charge in [-0.05, 0) is 112 Å². The normalized spacial score (nSPS) is 33.5. The van der Waals surface area contributed by atoms with Crippen molar-refractivity contribution in [1.29, 1.82) is 0 Å². The second kappa shape index (κ2) is 8.90. The minimum absolute atomic E-state index is 0.122. The van der Waals surface area contributed by atoms with E-state index >= 15 is 0 Å². The minimum atomic E-state index is -0.232. The van der Waals surface area contributed by atoms with E-state index in [2.05, 4.69) is 10.2 Å². The van der Waals surface area contributed by atoms with Crippen molar-refractivity contribution >= 4 is 34.9 Å². The molecule has 1 saturated heterocycles. The molecule has 1 aromatic rings. The lowest BCUT2D eigenvalue weighted by Gasteiger charge is -2.57. The molecule has 0 spiro atoms. The summed E-state index contributed by atoms with van der Waals surface area (Å²) < 4.78 is 5.65. The zero-order chi connectivity index (χ0) is 21.4. The first-order valence-electron chi connectivity index (χ1n) is 12.0. The molecule has 4 saturated carbocycles. The Kier molecular flexibility index (Phi) is 6.17. The van der Waals surface area contributed by atoms with Crippen molar-refractivity contribution in [2.75, 3.05) is 13.2 Å². The summed E-state index contributed by atoms with van der Waals surface area (Å²) in [6.45, 7) is 1.30. The molecule has 1 aliphatic heterocycles. The van der Waals surface area contributed by atoms with Gasteiger partial charge in [-0.1, -0.05) is 23.7 Å². The molecule has 0 amide bonds. The number of thiocarbonyl (C=S) groups is 1. The number of benzene rings is 1. The summed E-state index contributed by atoms with van der Waals surface area (Å²) >= 11 is 11.8. The van der Waals surface area contributed by atoms with E-state index in [0.717, 1.165) is 60.1 Å². The summed E-state index contributed by atoms with van der Waals surface area (Å²) in [6, 6.07) is 7.62. The highest BCUT2D eigenvalue weighted by Gasteiger charge is 2.51. The fourth-order valence-electron chi connectivity index (χ4n) is 7.01. The first kappa shape index (κ1) is 21.5. The number of hydrogen-bond acceptors (Lipinski definition) is 3. The number of hydrogen-bond donors (Lipinski definition) is 1. The smallest absolute Gasteiger partial charge is 0.328 e. The third kappa shape index (κ3) is 4.73. The predicted molar refractivity (Wildman–Crippen MR) is 127 cm³/mol. The molecule has 0 unspecified atom stereocenters. The van der Waals surface area contributed by atoms with Crippen molar-refractivity contribution in [3.05, 3.63) is 34.9 Å². The molecule has 5 fully saturated rings. The third-order valence-electron chi connectivity index (χ3n) is 7.96. The van der Waals surface area contributed by atoms with Gasteiger partial charge in [-0.3, -0.25) is 0 Å². The van der Waals surface area contributed by atoms with E-state index in [-0.39, 0.29) is 17.6 Å². The lowest BCUT2D eigenvalue weighted by molar-refractivity contribution is -0.147. The molecule has 6 heteroatoms. The number of halogens is 1. The van der Waals surface area contributed by atoms with Crippen LogP contribution >= 0.6 is 23.8 Å². The Balaban J connectivity index is 1.12. The number of carbonyl (C=O) groups is 1. The Morgan fingerprint density at radius 3 is 2.42 bits per heavy atom. The van der Waals surface area contributed by atoms with E-state index in [1.165, 1.54) is 44.1 Å². The average molecular weight is 461 g/mol. The van der Waals surface area contributed by atoms with Crippen molar-refractivity contribution in [2.45, 2.75) is 75.8 Å². The maximum atomic E-state index is 12.8. The van der Waals surface area contributed by atoms with Crippen LogP contribution in [0.2, 0.25) is 5.02 Å². The second-order valence-electron chi connectivity index (χ2n) is 10.4. The Labute approximate surface area is 196 Å². The monoisotopic (exact) mass is 460 g/mol. The predicted octanol–water partition coefficient (Wildman–Crippen LogP) is 5.12. The zero-order valence-electron chi connectivity index (χ0n) is 18.2. The van der Waals surface area contributed by atoms with Crippen LogP contribution in [0, 0.1) is 17.8 Å². The maximum Gasteiger partial charge on any atom is 0.328 e. The van der Waals surface area contributed by atoms with Crippen molar-refractivity contribution in [3.63, 3.8) is 0 Å². The van der Waals surface area contributed by atoms with Crippen LogP contribution in [0.25, 0.3) is 0 Å². The van der Waals surface area contributed by atoms with Gasteiger partial charge in [0, 0.05) is 17.1 Å². The molecule has 6 rings (SSSR count). The molecule has 1 heterocycles. The third-order valence-corrected chi connectivity index (χ3v) is 8.55. The van der Waals surface area contributed by atoms with Gasteiger partial charge in [-0.15, -0.1) is 0 Å². The minimum Gasteiger partial charge on any atom is -0.464 e. The van der Waals surface area contributed by atoms with Gasteiger partial charge in [0.15, 0.2) is 5.11 Å². The lowest BCUT2D eigenvalue weighted by atomic mass is 9.53. The highest BCUT2D eigenvalue weighted by Crippen LogP contribution is 2.55. The van der Waals surface area contributed by atoms with E-state index < -0.39 is 0 Å². The van der Waals surface area contributed by atoms with Crippen LogP contribution in [0.3, 0.4) is 0 Å². The maximum absolute atomic E-state index is 12.8. The van der Waals surface area contributed by atoms with E-state index in [9.17, 15) is 4.79 Å². The second-order valence-corrected chi connectivity index (χ2v) is 11.2. The molecule has 0 aromatic heterocycles. The number of aryl methyl sites for hydroxylation is 1. The molecule has 31 heavy (non-hydrogen) atoms. The Hall–Kier alpha value is -1.33. The summed E-state index contributed by atoms with van der Waals surface area (Å²) in [5, 5.41) is 5.31. The molecule has 1 atom stereocenters. The van der Waals surface area contributed by atoms with Crippen LogP contribution in [0.4, 0.5) is 0 Å². The van der Waals surface area contributed by atoms with Gasteiger partial charge in [0.25, 0.3) is 0 Å². The number of nitrogens with one attached hydrogen (secondary N) is 1. The van der Waals surface area contributed by atoms with Crippen LogP contribution in [0.5, 0.6) is 0 Å². The van der Waals surface area contributed by atoms with E-state index in [0.29, 0.717) is 6.61 Å². The first-order valence-corrected chi connectivity index (χ1v) is 12.8. The first-order chi connectivity index (χ1) is 15.0. The average Bonchev–Trinajstić information content (AvgIpc) is 3.21. The molecule has 0 radical (unpaired) electrons. The quantitative estimate of drug-likeness (QED) is 0.362. The van der Waals surface area contributed by atoms with Gasteiger partial charge >= 0.3 is 5.97 Å². The fraction of sp³-hybridized carbons (Fsp3) is 0.680. The Bertz CT molecular complexity index is 792. The van der Waals surface area contributed by atoms with Gasteiger partial charge in [0.05, 0.1) is 6.61 Å². The van der Waals surface area contributed by atoms with E-state index in [1.807, 2.05) is 24.3 Å². The van der Waals surface area contributed by atoms with Gasteiger partial charge in [-0.25, -0.2) is 4.79 Å². The lowest BCUT2D eigenvalue weighted by Crippen LogP contribution is -2.62. The fourth-order valence-corrected chi connectivity index (χ4v) is 7.57. The number of likely N-dealkylation sites (tertiary alicyclic amines) is 1. The van der Waals surface area contributed by atoms with E-state index in [1.54, 1.807) is 0 Å². The van der Waals surface area contributed by atoms with Crippen LogP contribution in [0.15, 0.2) is 24.3 Å². The molecule has 4 bridgehead atoms. The molecule has 1 aromatic carbocycles. The van der Waals surface area contributed by atoms with Crippen LogP contribution in [-0.4, -0.2) is 40.7 Å². The largest absolute Gasteiger partial charge is 0.464 e. The number of ether oxygens (including phenoxy) is 1.